The molecule has 1 aromatic heterocycles. The molecule has 0 spiro atoms. The van der Waals surface area contributed by atoms with Gasteiger partial charge in [-0.05, 0) is 48.9 Å². The number of benzene rings is 3. The van der Waals surface area contributed by atoms with Crippen LogP contribution >= 0.6 is 11.8 Å². The highest BCUT2D eigenvalue weighted by atomic mass is 32.2. The van der Waals surface area contributed by atoms with Crippen LogP contribution in [0.3, 0.4) is 0 Å². The van der Waals surface area contributed by atoms with Gasteiger partial charge < -0.3 is 0 Å². The Balaban J connectivity index is 1.71. The van der Waals surface area contributed by atoms with E-state index in [0.717, 1.165) is 16.8 Å². The maximum atomic E-state index is 14.6. The van der Waals surface area contributed by atoms with Crippen LogP contribution < -0.4 is 0 Å². The first-order chi connectivity index (χ1) is 15.8. The largest absolute Gasteiger partial charge is 0.270 e. The first kappa shape index (κ1) is 23.2. The molecule has 0 aliphatic carbocycles. The topological polar surface area (TPSA) is 68.1 Å². The highest BCUT2D eigenvalue weighted by Crippen LogP contribution is 2.31. The maximum absolute atomic E-state index is 14.6. The summed E-state index contributed by atoms with van der Waals surface area (Å²) < 4.78 is 42.5. The molecule has 0 N–H and O–H groups in total. The molecule has 33 heavy (non-hydrogen) atoms. The van der Waals surface area contributed by atoms with Gasteiger partial charge in [-0.3, -0.25) is 4.57 Å². The number of hydrogen-bond acceptors (Lipinski definition) is 5. The van der Waals surface area contributed by atoms with E-state index < -0.39 is 10.0 Å². The van der Waals surface area contributed by atoms with Crippen molar-refractivity contribution in [2.75, 3.05) is 14.1 Å². The van der Waals surface area contributed by atoms with Gasteiger partial charge in [0.1, 0.15) is 5.82 Å². The van der Waals surface area contributed by atoms with Crippen LogP contribution in [0.2, 0.25) is 0 Å². The number of sulfonamides is 1. The molecule has 0 amide bonds. The van der Waals surface area contributed by atoms with Crippen LogP contribution in [-0.4, -0.2) is 41.6 Å². The van der Waals surface area contributed by atoms with E-state index in [1.54, 1.807) is 36.4 Å². The predicted molar refractivity (Wildman–Crippen MR) is 128 cm³/mol. The van der Waals surface area contributed by atoms with Crippen molar-refractivity contribution in [2.45, 2.75) is 22.7 Å². The van der Waals surface area contributed by atoms with Crippen LogP contribution in [0.5, 0.6) is 0 Å². The van der Waals surface area contributed by atoms with Crippen LogP contribution in [0.25, 0.3) is 17.1 Å². The van der Waals surface area contributed by atoms with Gasteiger partial charge in [-0.2, -0.15) is 0 Å². The molecule has 0 atom stereocenters. The van der Waals surface area contributed by atoms with Crippen LogP contribution in [0, 0.1) is 12.7 Å². The molecule has 0 radical (unpaired) electrons. The van der Waals surface area contributed by atoms with E-state index in [1.807, 2.05) is 41.8 Å². The minimum atomic E-state index is -3.53. The van der Waals surface area contributed by atoms with Gasteiger partial charge in [-0.25, -0.2) is 17.1 Å². The number of rotatable bonds is 7. The summed E-state index contributed by atoms with van der Waals surface area (Å²) in [5.41, 5.74) is 3.10. The van der Waals surface area contributed by atoms with Crippen molar-refractivity contribution in [3.8, 4) is 17.1 Å². The van der Waals surface area contributed by atoms with E-state index >= 15 is 0 Å². The summed E-state index contributed by atoms with van der Waals surface area (Å²) in [6.45, 7) is 2.00. The van der Waals surface area contributed by atoms with Gasteiger partial charge in [0.25, 0.3) is 0 Å². The average molecular weight is 483 g/mol. The van der Waals surface area contributed by atoms with Gasteiger partial charge in [-0.15, -0.1) is 10.2 Å². The molecular weight excluding hydrogens is 459 g/mol. The summed E-state index contributed by atoms with van der Waals surface area (Å²) in [4.78, 5) is 0.234. The molecule has 4 rings (SSSR count). The van der Waals surface area contributed by atoms with Crippen molar-refractivity contribution in [3.05, 3.63) is 89.7 Å². The first-order valence-electron chi connectivity index (χ1n) is 10.2. The number of nitrogens with zero attached hydrogens (tertiary/aromatic N) is 4. The molecule has 0 unspecified atom stereocenters. The summed E-state index contributed by atoms with van der Waals surface area (Å²) >= 11 is 1.41. The van der Waals surface area contributed by atoms with Gasteiger partial charge >= 0.3 is 0 Å². The minimum absolute atomic E-state index is 0.234. The number of hydrogen-bond donors (Lipinski definition) is 0. The zero-order valence-corrected chi connectivity index (χ0v) is 20.1. The smallest absolute Gasteiger partial charge is 0.242 e. The normalized spacial score (nSPS) is 11.8. The standard InChI is InChI=1S/C24H23FN4O2S2/c1-17-11-13-19(14-12-17)29-23(21-9-4-5-10-22(21)25)26-27-24(29)32-16-18-7-6-8-20(15-18)33(30,31)28(2)3/h4-15H,16H2,1-3H3. The van der Waals surface area contributed by atoms with E-state index in [1.165, 1.54) is 36.2 Å². The quantitative estimate of drug-likeness (QED) is 0.350. The predicted octanol–water partition coefficient (Wildman–Crippen LogP) is 4.92. The lowest BCUT2D eigenvalue weighted by Gasteiger charge is -2.13. The van der Waals surface area contributed by atoms with E-state index in [9.17, 15) is 12.8 Å². The van der Waals surface area contributed by atoms with Crippen LogP contribution in [-0.2, 0) is 15.8 Å². The molecule has 0 aliphatic heterocycles. The zero-order valence-electron chi connectivity index (χ0n) is 18.4. The molecule has 0 bridgehead atoms. The van der Waals surface area contributed by atoms with Gasteiger partial charge in [0.05, 0.1) is 10.5 Å². The third kappa shape index (κ3) is 4.85. The second kappa shape index (κ2) is 9.46. The molecule has 0 aliphatic rings. The maximum Gasteiger partial charge on any atom is 0.242 e. The summed E-state index contributed by atoms with van der Waals surface area (Å²) in [5, 5.41) is 9.20. The first-order valence-corrected chi connectivity index (χ1v) is 12.6. The molecule has 1 heterocycles. The Morgan fingerprint density at radius 2 is 1.70 bits per heavy atom. The lowest BCUT2D eigenvalue weighted by Crippen LogP contribution is -2.22. The van der Waals surface area contributed by atoms with Gasteiger partial charge in [0.15, 0.2) is 11.0 Å². The van der Waals surface area contributed by atoms with Crippen LogP contribution in [0.4, 0.5) is 4.39 Å². The van der Waals surface area contributed by atoms with Gasteiger partial charge in [-0.1, -0.05) is 53.7 Å². The Hall–Kier alpha value is -3.01. The highest BCUT2D eigenvalue weighted by molar-refractivity contribution is 7.98. The average Bonchev–Trinajstić information content (AvgIpc) is 3.22. The third-order valence-electron chi connectivity index (χ3n) is 5.09. The Morgan fingerprint density at radius 1 is 0.970 bits per heavy atom. The monoisotopic (exact) mass is 482 g/mol. The van der Waals surface area contributed by atoms with E-state index in [0.29, 0.717) is 22.3 Å². The second-order valence-corrected chi connectivity index (χ2v) is 10.8. The lowest BCUT2D eigenvalue weighted by atomic mass is 10.2. The van der Waals surface area contributed by atoms with E-state index in [-0.39, 0.29) is 10.7 Å². The Morgan fingerprint density at radius 3 is 2.39 bits per heavy atom. The molecule has 0 fully saturated rings. The Kier molecular flexibility index (Phi) is 6.64. The van der Waals surface area contributed by atoms with Crippen molar-refractivity contribution in [3.63, 3.8) is 0 Å². The summed E-state index contributed by atoms with van der Waals surface area (Å²) in [7, 11) is -0.515. The molecule has 9 heteroatoms. The van der Waals surface area contributed by atoms with Gasteiger partial charge in [0, 0.05) is 25.5 Å². The van der Waals surface area contributed by atoms with E-state index in [2.05, 4.69) is 10.2 Å². The molecule has 6 nitrogen and oxygen atoms in total. The molecular formula is C24H23FN4O2S2. The number of halogens is 1. The number of aryl methyl sites for hydroxylation is 1. The fourth-order valence-corrected chi connectivity index (χ4v) is 5.13. The summed E-state index contributed by atoms with van der Waals surface area (Å²) in [6, 6.07) is 21.1. The highest BCUT2D eigenvalue weighted by Gasteiger charge is 2.20. The molecule has 0 saturated carbocycles. The van der Waals surface area contributed by atoms with Crippen LogP contribution in [0.15, 0.2) is 82.8 Å². The summed E-state index contributed by atoms with van der Waals surface area (Å²) in [6.07, 6.45) is 0. The van der Waals surface area contributed by atoms with E-state index in [4.69, 9.17) is 0 Å². The number of thioether (sulfide) groups is 1. The number of aromatic nitrogens is 3. The fourth-order valence-electron chi connectivity index (χ4n) is 3.26. The SMILES string of the molecule is Cc1ccc(-n2c(SCc3cccc(S(=O)(=O)N(C)C)c3)nnc2-c2ccccc2F)cc1. The molecule has 0 saturated heterocycles. The van der Waals surface area contributed by atoms with Crippen LogP contribution in [0.1, 0.15) is 11.1 Å². The molecule has 4 aromatic rings. The van der Waals surface area contributed by atoms with Crippen molar-refractivity contribution in [1.29, 1.82) is 0 Å². The van der Waals surface area contributed by atoms with Crippen molar-refractivity contribution in [1.82, 2.24) is 19.1 Å². The Labute approximate surface area is 197 Å². The third-order valence-corrected chi connectivity index (χ3v) is 7.90. The van der Waals surface area contributed by atoms with Crippen molar-refractivity contribution in [2.24, 2.45) is 0 Å². The van der Waals surface area contributed by atoms with Crippen molar-refractivity contribution < 1.29 is 12.8 Å². The molecule has 3 aromatic carbocycles. The Bertz CT molecular complexity index is 1380. The zero-order chi connectivity index (χ0) is 23.6. The minimum Gasteiger partial charge on any atom is -0.270 e. The fraction of sp³-hybridized carbons (Fsp3) is 0.167. The summed E-state index contributed by atoms with van der Waals surface area (Å²) in [5.74, 6) is 0.498. The van der Waals surface area contributed by atoms with Gasteiger partial charge in [0.2, 0.25) is 10.0 Å². The molecule has 170 valence electrons. The lowest BCUT2D eigenvalue weighted by molar-refractivity contribution is 0.520. The second-order valence-electron chi connectivity index (χ2n) is 7.68. The van der Waals surface area contributed by atoms with Crippen molar-refractivity contribution >= 4 is 21.8 Å².